The first-order valence-electron chi connectivity index (χ1n) is 9.91. The number of hydrogen-bond donors (Lipinski definition) is 3. The average molecular weight is 406 g/mol. The fourth-order valence-electron chi connectivity index (χ4n) is 3.60. The van der Waals surface area contributed by atoms with Crippen molar-refractivity contribution in [1.29, 1.82) is 0 Å². The van der Waals surface area contributed by atoms with E-state index in [9.17, 15) is 5.11 Å². The fourth-order valence-corrected chi connectivity index (χ4v) is 3.60. The maximum Gasteiger partial charge on any atom is 0.129 e. The summed E-state index contributed by atoms with van der Waals surface area (Å²) >= 11 is 0. The largest absolute Gasteiger partial charge is 0.497 e. The third-order valence-electron chi connectivity index (χ3n) is 5.11. The number of aromatic amines is 1. The summed E-state index contributed by atoms with van der Waals surface area (Å²) in [5.41, 5.74) is 3.09. The van der Waals surface area contributed by atoms with Gasteiger partial charge in [-0.1, -0.05) is 30.3 Å². The zero-order chi connectivity index (χ0) is 20.9. The van der Waals surface area contributed by atoms with Gasteiger partial charge in [0.1, 0.15) is 30.0 Å². The molecule has 6 nitrogen and oxygen atoms in total. The van der Waals surface area contributed by atoms with Crippen LogP contribution < -0.4 is 19.5 Å². The van der Waals surface area contributed by atoms with Gasteiger partial charge in [0.25, 0.3) is 0 Å². The summed E-state index contributed by atoms with van der Waals surface area (Å²) in [4.78, 5) is 3.40. The molecule has 0 bridgehead atoms. The quantitative estimate of drug-likeness (QED) is 0.393. The summed E-state index contributed by atoms with van der Waals surface area (Å²) in [6, 6.07) is 19.7. The summed E-state index contributed by atoms with van der Waals surface area (Å²) in [5, 5.41) is 15.8. The van der Waals surface area contributed by atoms with Gasteiger partial charge in [-0.2, -0.15) is 0 Å². The number of nitrogens with one attached hydrogen (secondary N) is 2. The molecule has 0 radical (unpaired) electrons. The number of fused-ring (bicyclic) bond motifs is 3. The van der Waals surface area contributed by atoms with E-state index in [0.717, 1.165) is 44.6 Å². The number of H-pyrrole nitrogens is 1. The van der Waals surface area contributed by atoms with Crippen molar-refractivity contribution in [2.45, 2.75) is 12.6 Å². The molecule has 156 valence electrons. The molecule has 0 fully saturated rings. The molecule has 3 N–H and O–H groups in total. The van der Waals surface area contributed by atoms with E-state index in [0.29, 0.717) is 13.1 Å². The summed E-state index contributed by atoms with van der Waals surface area (Å²) in [5.74, 6) is 2.26. The Morgan fingerprint density at radius 3 is 2.60 bits per heavy atom. The van der Waals surface area contributed by atoms with E-state index < -0.39 is 6.10 Å². The first kappa shape index (κ1) is 20.1. The van der Waals surface area contributed by atoms with E-state index >= 15 is 0 Å². The molecule has 0 saturated carbocycles. The predicted octanol–water partition coefficient (Wildman–Crippen LogP) is 3.87. The Balaban J connectivity index is 1.36. The molecule has 0 aliphatic rings. The molecule has 1 heterocycles. The van der Waals surface area contributed by atoms with Gasteiger partial charge < -0.3 is 29.6 Å². The van der Waals surface area contributed by atoms with E-state index in [1.165, 1.54) is 0 Å². The van der Waals surface area contributed by atoms with Crippen molar-refractivity contribution in [3.63, 3.8) is 0 Å². The topological polar surface area (TPSA) is 75.7 Å². The molecule has 0 aliphatic heterocycles. The van der Waals surface area contributed by atoms with E-state index in [-0.39, 0.29) is 6.61 Å². The second-order valence-corrected chi connectivity index (χ2v) is 7.12. The van der Waals surface area contributed by atoms with Crippen LogP contribution in [0.15, 0.2) is 60.7 Å². The number of benzene rings is 3. The monoisotopic (exact) mass is 406 g/mol. The molecule has 1 atom stereocenters. The summed E-state index contributed by atoms with van der Waals surface area (Å²) in [6.45, 7) is 1.17. The number of ether oxygens (including phenoxy) is 3. The smallest absolute Gasteiger partial charge is 0.129 e. The highest BCUT2D eigenvalue weighted by molar-refractivity contribution is 6.10. The highest BCUT2D eigenvalue weighted by atomic mass is 16.5. The predicted molar refractivity (Wildman–Crippen MR) is 119 cm³/mol. The summed E-state index contributed by atoms with van der Waals surface area (Å²) in [6.07, 6.45) is -0.644. The van der Waals surface area contributed by atoms with Crippen molar-refractivity contribution >= 4 is 21.8 Å². The van der Waals surface area contributed by atoms with Crippen molar-refractivity contribution in [2.75, 3.05) is 27.4 Å². The van der Waals surface area contributed by atoms with Gasteiger partial charge in [0.15, 0.2) is 0 Å². The SMILES string of the molecule is COc1ccc(CNC[C@@H](O)COc2cccc3[nH]c4ccccc4c23)c(OC)c1. The lowest BCUT2D eigenvalue weighted by molar-refractivity contribution is 0.107. The standard InChI is InChI=1S/C24H26N2O4/c1-28-18-11-10-16(23(12-18)29-2)13-25-14-17(27)15-30-22-9-5-8-21-24(22)19-6-3-4-7-20(19)26-21/h3-12,17,25-27H,13-15H2,1-2H3/t17-/m1/s1. The van der Waals surface area contributed by atoms with Crippen LogP contribution in [-0.4, -0.2) is 43.6 Å². The highest BCUT2D eigenvalue weighted by Gasteiger charge is 2.12. The molecule has 6 heteroatoms. The van der Waals surface area contributed by atoms with Gasteiger partial charge in [-0.25, -0.2) is 0 Å². The van der Waals surface area contributed by atoms with Gasteiger partial charge in [-0.15, -0.1) is 0 Å². The van der Waals surface area contributed by atoms with E-state index in [4.69, 9.17) is 14.2 Å². The molecule has 0 aliphatic carbocycles. The molecule has 0 spiro atoms. The van der Waals surface area contributed by atoms with E-state index in [1.807, 2.05) is 54.6 Å². The molecule has 4 aromatic rings. The molecule has 0 amide bonds. The van der Waals surface area contributed by atoms with Gasteiger partial charge >= 0.3 is 0 Å². The second kappa shape index (κ2) is 9.07. The minimum atomic E-state index is -0.644. The van der Waals surface area contributed by atoms with Gasteiger partial charge in [0.05, 0.1) is 19.7 Å². The highest BCUT2D eigenvalue weighted by Crippen LogP contribution is 2.33. The molecule has 1 aromatic heterocycles. The van der Waals surface area contributed by atoms with Crippen LogP contribution in [0.2, 0.25) is 0 Å². The van der Waals surface area contributed by atoms with Crippen LogP contribution in [0.5, 0.6) is 17.2 Å². The third kappa shape index (κ3) is 4.20. The van der Waals surface area contributed by atoms with E-state index in [1.54, 1.807) is 14.2 Å². The Kier molecular flexibility index (Phi) is 6.07. The average Bonchev–Trinajstić information content (AvgIpc) is 3.17. The van der Waals surface area contributed by atoms with Gasteiger partial charge in [-0.3, -0.25) is 0 Å². The van der Waals surface area contributed by atoms with Crippen LogP contribution in [0.25, 0.3) is 21.8 Å². The lowest BCUT2D eigenvalue weighted by Gasteiger charge is -2.15. The van der Waals surface area contributed by atoms with Crippen LogP contribution >= 0.6 is 0 Å². The first-order valence-corrected chi connectivity index (χ1v) is 9.91. The van der Waals surface area contributed by atoms with Crippen molar-refractivity contribution in [3.8, 4) is 17.2 Å². The number of rotatable bonds is 9. The van der Waals surface area contributed by atoms with Crippen molar-refractivity contribution in [1.82, 2.24) is 10.3 Å². The zero-order valence-corrected chi connectivity index (χ0v) is 17.1. The van der Waals surface area contributed by atoms with Gasteiger partial charge in [0.2, 0.25) is 0 Å². The number of aliphatic hydroxyl groups is 1. The normalized spacial score (nSPS) is 12.2. The number of aromatic nitrogens is 1. The van der Waals surface area contributed by atoms with Crippen molar-refractivity contribution < 1.29 is 19.3 Å². The molecule has 3 aromatic carbocycles. The van der Waals surface area contributed by atoms with Crippen LogP contribution in [0.3, 0.4) is 0 Å². The molecule has 0 saturated heterocycles. The second-order valence-electron chi connectivity index (χ2n) is 7.12. The summed E-state index contributed by atoms with van der Waals surface area (Å²) < 4.78 is 16.6. The minimum absolute atomic E-state index is 0.200. The van der Waals surface area contributed by atoms with Gasteiger partial charge in [-0.05, 0) is 24.3 Å². The number of para-hydroxylation sites is 1. The first-order chi connectivity index (χ1) is 14.7. The lowest BCUT2D eigenvalue weighted by Crippen LogP contribution is -2.31. The molecule has 4 rings (SSSR count). The maximum atomic E-state index is 10.4. The Morgan fingerprint density at radius 1 is 0.933 bits per heavy atom. The Bertz CT molecular complexity index is 1140. The van der Waals surface area contributed by atoms with Crippen LogP contribution in [0.1, 0.15) is 5.56 Å². The Hall–Kier alpha value is -3.22. The minimum Gasteiger partial charge on any atom is -0.497 e. The van der Waals surface area contributed by atoms with Gasteiger partial charge in [0, 0.05) is 41.0 Å². The number of hydrogen-bond acceptors (Lipinski definition) is 5. The Labute approximate surface area is 175 Å². The van der Waals surface area contributed by atoms with Crippen LogP contribution in [0, 0.1) is 0 Å². The lowest BCUT2D eigenvalue weighted by atomic mass is 10.1. The molecular weight excluding hydrogens is 380 g/mol. The van der Waals surface area contributed by atoms with Crippen molar-refractivity contribution in [3.05, 3.63) is 66.2 Å². The molecule has 30 heavy (non-hydrogen) atoms. The van der Waals surface area contributed by atoms with Crippen LogP contribution in [-0.2, 0) is 6.54 Å². The molecule has 0 unspecified atom stereocenters. The van der Waals surface area contributed by atoms with Crippen LogP contribution in [0.4, 0.5) is 0 Å². The molecular formula is C24H26N2O4. The maximum absolute atomic E-state index is 10.4. The third-order valence-corrected chi connectivity index (χ3v) is 5.11. The van der Waals surface area contributed by atoms with Crippen molar-refractivity contribution in [2.24, 2.45) is 0 Å². The fraction of sp³-hybridized carbons (Fsp3) is 0.250. The van der Waals surface area contributed by atoms with E-state index in [2.05, 4.69) is 16.4 Å². The summed E-state index contributed by atoms with van der Waals surface area (Å²) in [7, 11) is 3.26. The Morgan fingerprint density at radius 2 is 1.77 bits per heavy atom. The zero-order valence-electron chi connectivity index (χ0n) is 17.1. The number of methoxy groups -OCH3 is 2. The number of aliphatic hydroxyl groups excluding tert-OH is 1.